The Morgan fingerprint density at radius 1 is 1.12 bits per heavy atom. The van der Waals surface area contributed by atoms with Crippen molar-refractivity contribution in [2.45, 2.75) is 19.3 Å². The number of hydrogen-bond donors (Lipinski definition) is 1. The zero-order valence-electron chi connectivity index (χ0n) is 12.4. The van der Waals surface area contributed by atoms with Gasteiger partial charge < -0.3 is 5.32 Å². The summed E-state index contributed by atoms with van der Waals surface area (Å²) in [4.78, 5) is 12.0. The van der Waals surface area contributed by atoms with Gasteiger partial charge in [0.05, 0.1) is 11.1 Å². The van der Waals surface area contributed by atoms with E-state index in [4.69, 9.17) is 0 Å². The molecule has 5 nitrogen and oxygen atoms in total. The molecule has 2 aromatic carbocycles. The molecule has 1 N–H and O–H groups in total. The molecule has 24 heavy (non-hydrogen) atoms. The molecule has 0 bridgehead atoms. The monoisotopic (exact) mass is 334 g/mol. The van der Waals surface area contributed by atoms with Crippen LogP contribution in [0.2, 0.25) is 0 Å². The lowest BCUT2D eigenvalue weighted by Crippen LogP contribution is -2.27. The highest BCUT2D eigenvalue weighted by atomic mass is 19.4. The average Bonchev–Trinajstić information content (AvgIpc) is 2.96. The van der Waals surface area contributed by atoms with Crippen LogP contribution in [0.4, 0.5) is 13.2 Å². The van der Waals surface area contributed by atoms with Gasteiger partial charge in [0.15, 0.2) is 0 Å². The fourth-order valence-corrected chi connectivity index (χ4v) is 2.28. The minimum absolute atomic E-state index is 0.00931. The fourth-order valence-electron chi connectivity index (χ4n) is 2.28. The summed E-state index contributed by atoms with van der Waals surface area (Å²) >= 11 is 0. The van der Waals surface area contributed by atoms with Crippen LogP contribution in [0.1, 0.15) is 11.1 Å². The van der Waals surface area contributed by atoms with Crippen molar-refractivity contribution in [1.82, 2.24) is 20.3 Å². The predicted molar refractivity (Wildman–Crippen MR) is 80.8 cm³/mol. The first-order valence-corrected chi connectivity index (χ1v) is 7.14. The van der Waals surface area contributed by atoms with Crippen LogP contribution in [-0.4, -0.2) is 20.9 Å². The molecule has 8 heteroatoms. The van der Waals surface area contributed by atoms with Gasteiger partial charge in [0.25, 0.3) is 0 Å². The van der Waals surface area contributed by atoms with E-state index in [0.717, 1.165) is 12.1 Å². The number of nitrogens with zero attached hydrogens (tertiary/aromatic N) is 3. The average molecular weight is 334 g/mol. The van der Waals surface area contributed by atoms with E-state index in [1.807, 2.05) is 12.1 Å². The molecule has 124 valence electrons. The minimum Gasteiger partial charge on any atom is -0.350 e. The van der Waals surface area contributed by atoms with Crippen molar-refractivity contribution in [3.63, 3.8) is 0 Å². The van der Waals surface area contributed by atoms with Crippen molar-refractivity contribution in [2.24, 2.45) is 0 Å². The molecule has 0 unspecified atom stereocenters. The predicted octanol–water partition coefficient (Wildman–Crippen LogP) is 2.77. The van der Waals surface area contributed by atoms with E-state index in [9.17, 15) is 18.0 Å². The highest BCUT2D eigenvalue weighted by molar-refractivity contribution is 5.79. The Morgan fingerprint density at radius 2 is 1.92 bits per heavy atom. The smallest absolute Gasteiger partial charge is 0.350 e. The Kier molecular flexibility index (Phi) is 4.20. The molecule has 0 saturated carbocycles. The second kappa shape index (κ2) is 6.31. The van der Waals surface area contributed by atoms with Gasteiger partial charge in [-0.25, -0.2) is 4.68 Å². The van der Waals surface area contributed by atoms with E-state index in [1.165, 1.54) is 16.8 Å². The third kappa shape index (κ3) is 3.53. The van der Waals surface area contributed by atoms with Crippen molar-refractivity contribution in [3.8, 4) is 0 Å². The number of amides is 1. The first kappa shape index (κ1) is 16.0. The van der Waals surface area contributed by atoms with Gasteiger partial charge in [0, 0.05) is 6.54 Å². The Labute approximate surface area is 135 Å². The molecule has 0 aliphatic rings. The summed E-state index contributed by atoms with van der Waals surface area (Å²) in [6.07, 6.45) is -4.40. The fraction of sp³-hybridized carbons (Fsp3) is 0.188. The molecule has 0 fully saturated rings. The standard InChI is InChI=1S/C16H13F3N4O/c17-16(18,19)12-5-3-4-11(8-12)9-20-15(24)10-23-14-7-2-1-6-13(14)21-22-23/h1-8H,9-10H2,(H,20,24). The maximum Gasteiger partial charge on any atom is 0.416 e. The summed E-state index contributed by atoms with van der Waals surface area (Å²) in [6.45, 7) is -0.0468. The van der Waals surface area contributed by atoms with Crippen LogP contribution in [0.3, 0.4) is 0 Å². The summed E-state index contributed by atoms with van der Waals surface area (Å²) in [6, 6.07) is 12.0. The van der Waals surface area contributed by atoms with Crippen molar-refractivity contribution in [2.75, 3.05) is 0 Å². The van der Waals surface area contributed by atoms with Gasteiger partial charge in [-0.1, -0.05) is 29.5 Å². The Bertz CT molecular complexity index is 873. The van der Waals surface area contributed by atoms with Crippen molar-refractivity contribution in [1.29, 1.82) is 0 Å². The van der Waals surface area contributed by atoms with E-state index in [-0.39, 0.29) is 19.0 Å². The molecule has 1 aromatic heterocycles. The van der Waals surface area contributed by atoms with Crippen LogP contribution in [0.25, 0.3) is 11.0 Å². The van der Waals surface area contributed by atoms with Gasteiger partial charge in [0.2, 0.25) is 5.91 Å². The van der Waals surface area contributed by atoms with E-state index in [1.54, 1.807) is 12.1 Å². The molecule has 0 aliphatic carbocycles. The quantitative estimate of drug-likeness (QED) is 0.798. The number of fused-ring (bicyclic) bond motifs is 1. The largest absolute Gasteiger partial charge is 0.416 e. The normalized spacial score (nSPS) is 11.6. The lowest BCUT2D eigenvalue weighted by atomic mass is 10.1. The van der Waals surface area contributed by atoms with E-state index < -0.39 is 11.7 Å². The van der Waals surface area contributed by atoms with Crippen LogP contribution in [0, 0.1) is 0 Å². The molecular formula is C16H13F3N4O. The molecule has 0 radical (unpaired) electrons. The summed E-state index contributed by atoms with van der Waals surface area (Å²) in [7, 11) is 0. The molecule has 0 spiro atoms. The van der Waals surface area contributed by atoms with Gasteiger partial charge in [-0.3, -0.25) is 4.79 Å². The maximum atomic E-state index is 12.7. The zero-order chi connectivity index (χ0) is 17.2. The van der Waals surface area contributed by atoms with Gasteiger partial charge in [0.1, 0.15) is 12.1 Å². The highest BCUT2D eigenvalue weighted by Crippen LogP contribution is 2.29. The van der Waals surface area contributed by atoms with Gasteiger partial charge in [-0.15, -0.1) is 5.10 Å². The number of aromatic nitrogens is 3. The van der Waals surface area contributed by atoms with Gasteiger partial charge in [-0.2, -0.15) is 13.2 Å². The van der Waals surface area contributed by atoms with Crippen LogP contribution < -0.4 is 5.32 Å². The Balaban J connectivity index is 1.64. The van der Waals surface area contributed by atoms with Crippen LogP contribution in [0.5, 0.6) is 0 Å². The number of benzene rings is 2. The van der Waals surface area contributed by atoms with Crippen LogP contribution in [0.15, 0.2) is 48.5 Å². The lowest BCUT2D eigenvalue weighted by Gasteiger charge is -2.09. The van der Waals surface area contributed by atoms with Crippen molar-refractivity contribution in [3.05, 3.63) is 59.7 Å². The maximum absolute atomic E-state index is 12.7. The highest BCUT2D eigenvalue weighted by Gasteiger charge is 2.30. The number of carbonyl (C=O) groups excluding carboxylic acids is 1. The van der Waals surface area contributed by atoms with Crippen LogP contribution in [-0.2, 0) is 24.1 Å². The molecule has 1 heterocycles. The van der Waals surface area contributed by atoms with Crippen molar-refractivity contribution < 1.29 is 18.0 Å². The third-order valence-corrected chi connectivity index (χ3v) is 3.46. The Hall–Kier alpha value is -2.90. The lowest BCUT2D eigenvalue weighted by molar-refractivity contribution is -0.137. The number of para-hydroxylation sites is 1. The molecule has 0 atom stereocenters. The summed E-state index contributed by atoms with van der Waals surface area (Å²) < 4.78 is 39.4. The summed E-state index contributed by atoms with van der Waals surface area (Å²) in [5, 5.41) is 10.4. The molecule has 1 amide bonds. The van der Waals surface area contributed by atoms with E-state index >= 15 is 0 Å². The van der Waals surface area contributed by atoms with Crippen molar-refractivity contribution >= 4 is 16.9 Å². The number of halogens is 3. The van der Waals surface area contributed by atoms with E-state index in [2.05, 4.69) is 15.6 Å². The molecule has 0 aliphatic heterocycles. The second-order valence-corrected chi connectivity index (χ2v) is 5.21. The topological polar surface area (TPSA) is 59.8 Å². The van der Waals surface area contributed by atoms with E-state index in [0.29, 0.717) is 16.6 Å². The number of carbonyl (C=O) groups is 1. The molecular weight excluding hydrogens is 321 g/mol. The molecule has 3 rings (SSSR count). The molecule has 3 aromatic rings. The first-order valence-electron chi connectivity index (χ1n) is 7.14. The second-order valence-electron chi connectivity index (χ2n) is 5.21. The number of nitrogens with one attached hydrogen (secondary N) is 1. The zero-order valence-corrected chi connectivity index (χ0v) is 12.4. The SMILES string of the molecule is O=C(Cn1nnc2ccccc21)NCc1cccc(C(F)(F)F)c1. The van der Waals surface area contributed by atoms with Crippen LogP contribution >= 0.6 is 0 Å². The van der Waals surface area contributed by atoms with Gasteiger partial charge in [-0.05, 0) is 29.8 Å². The minimum atomic E-state index is -4.40. The number of alkyl halides is 3. The van der Waals surface area contributed by atoms with Gasteiger partial charge >= 0.3 is 6.18 Å². The summed E-state index contributed by atoms with van der Waals surface area (Å²) in [5.41, 5.74) is 1.02. The summed E-state index contributed by atoms with van der Waals surface area (Å²) in [5.74, 6) is -0.358. The number of hydrogen-bond acceptors (Lipinski definition) is 3. The number of rotatable bonds is 4. The Morgan fingerprint density at radius 3 is 2.71 bits per heavy atom. The third-order valence-electron chi connectivity index (χ3n) is 3.46. The first-order chi connectivity index (χ1) is 11.4. The molecule has 0 saturated heterocycles.